The molecule has 4 heteroatoms. The van der Waals surface area contributed by atoms with Crippen molar-refractivity contribution in [1.29, 1.82) is 0 Å². The summed E-state index contributed by atoms with van der Waals surface area (Å²) in [6, 6.07) is 13.1. The number of phenols is 1. The fraction of sp³-hybridized carbons (Fsp3) is 0.250. The van der Waals surface area contributed by atoms with Gasteiger partial charge in [-0.3, -0.25) is 0 Å². The van der Waals surface area contributed by atoms with Crippen molar-refractivity contribution in [2.24, 2.45) is 0 Å². The Kier molecular flexibility index (Phi) is 4.88. The van der Waals surface area contributed by atoms with E-state index in [9.17, 15) is 5.11 Å². The molecule has 0 radical (unpaired) electrons. The van der Waals surface area contributed by atoms with Crippen LogP contribution < -0.4 is 10.1 Å². The van der Waals surface area contributed by atoms with Crippen LogP contribution in [0.15, 0.2) is 42.5 Å². The molecule has 2 rings (SSSR count). The maximum atomic E-state index is 9.99. The van der Waals surface area contributed by atoms with Gasteiger partial charge in [-0.2, -0.15) is 0 Å². The molecule has 0 saturated heterocycles. The van der Waals surface area contributed by atoms with Gasteiger partial charge in [-0.15, -0.1) is 0 Å². The van der Waals surface area contributed by atoms with Gasteiger partial charge in [0, 0.05) is 29.2 Å². The highest BCUT2D eigenvalue weighted by Gasteiger charge is 2.10. The second-order valence-corrected chi connectivity index (χ2v) is 5.09. The third-order valence-corrected chi connectivity index (χ3v) is 3.48. The summed E-state index contributed by atoms with van der Waals surface area (Å²) < 4.78 is 5.08. The molecule has 2 aromatic rings. The van der Waals surface area contributed by atoms with Crippen LogP contribution in [0.2, 0.25) is 5.02 Å². The van der Waals surface area contributed by atoms with E-state index in [4.69, 9.17) is 16.3 Å². The number of nitrogens with one attached hydrogen (secondary N) is 1. The number of aromatic hydroxyl groups is 1. The van der Waals surface area contributed by atoms with E-state index < -0.39 is 0 Å². The number of rotatable bonds is 5. The van der Waals surface area contributed by atoms with Gasteiger partial charge in [0.05, 0.1) is 7.11 Å². The molecule has 1 atom stereocenters. The summed E-state index contributed by atoms with van der Waals surface area (Å²) in [4.78, 5) is 0. The van der Waals surface area contributed by atoms with E-state index in [0.29, 0.717) is 12.3 Å². The highest BCUT2D eigenvalue weighted by Crippen LogP contribution is 2.28. The molecular formula is C16H18ClNO2. The number of phenolic OH excluding ortho intramolecular Hbond substituents is 1. The van der Waals surface area contributed by atoms with Crippen LogP contribution >= 0.6 is 11.6 Å². The fourth-order valence-electron chi connectivity index (χ4n) is 2.00. The molecule has 20 heavy (non-hydrogen) atoms. The van der Waals surface area contributed by atoms with Crippen LogP contribution in [-0.2, 0) is 6.54 Å². The topological polar surface area (TPSA) is 41.5 Å². The number of benzene rings is 2. The third kappa shape index (κ3) is 3.65. The summed E-state index contributed by atoms with van der Waals surface area (Å²) in [6.07, 6.45) is 0. The van der Waals surface area contributed by atoms with Gasteiger partial charge in [0.25, 0.3) is 0 Å². The molecule has 3 nitrogen and oxygen atoms in total. The van der Waals surface area contributed by atoms with Crippen molar-refractivity contribution >= 4 is 11.6 Å². The maximum Gasteiger partial charge on any atom is 0.124 e. The van der Waals surface area contributed by atoms with Gasteiger partial charge in [-0.1, -0.05) is 29.8 Å². The monoisotopic (exact) mass is 291 g/mol. The largest absolute Gasteiger partial charge is 0.507 e. The molecule has 0 aliphatic heterocycles. The van der Waals surface area contributed by atoms with Crippen LogP contribution in [0, 0.1) is 0 Å². The van der Waals surface area contributed by atoms with Crippen LogP contribution in [0.3, 0.4) is 0 Å². The van der Waals surface area contributed by atoms with Crippen molar-refractivity contribution in [1.82, 2.24) is 5.32 Å². The predicted octanol–water partition coefficient (Wildman–Crippen LogP) is 3.91. The van der Waals surface area contributed by atoms with Crippen LogP contribution in [-0.4, -0.2) is 12.2 Å². The first-order chi connectivity index (χ1) is 9.60. The minimum Gasteiger partial charge on any atom is -0.507 e. The molecule has 0 aromatic heterocycles. The van der Waals surface area contributed by atoms with Crippen molar-refractivity contribution in [3.8, 4) is 11.5 Å². The maximum absolute atomic E-state index is 9.99. The van der Waals surface area contributed by atoms with Crippen LogP contribution in [0.5, 0.6) is 11.5 Å². The lowest BCUT2D eigenvalue weighted by atomic mass is 10.1. The Labute approximate surface area is 124 Å². The van der Waals surface area contributed by atoms with Crippen LogP contribution in [0.4, 0.5) is 0 Å². The average molecular weight is 292 g/mol. The molecule has 0 amide bonds. The molecule has 0 fully saturated rings. The Morgan fingerprint density at radius 3 is 2.50 bits per heavy atom. The van der Waals surface area contributed by atoms with Crippen molar-refractivity contribution in [3.63, 3.8) is 0 Å². The summed E-state index contributed by atoms with van der Waals surface area (Å²) in [5, 5.41) is 14.1. The number of hydrogen-bond donors (Lipinski definition) is 2. The standard InChI is InChI=1S/C16H18ClNO2/c1-11(15-8-7-14(20-2)9-16(15)19)18-10-12-3-5-13(17)6-4-12/h3-9,11,18-19H,10H2,1-2H3. The highest BCUT2D eigenvalue weighted by atomic mass is 35.5. The van der Waals surface area contributed by atoms with Gasteiger partial charge in [0.1, 0.15) is 11.5 Å². The zero-order valence-electron chi connectivity index (χ0n) is 11.6. The third-order valence-electron chi connectivity index (χ3n) is 3.23. The van der Waals surface area contributed by atoms with Gasteiger partial charge in [-0.05, 0) is 30.7 Å². The van der Waals surface area contributed by atoms with Gasteiger partial charge in [-0.25, -0.2) is 0 Å². The Balaban J connectivity index is 2.01. The van der Waals surface area contributed by atoms with Gasteiger partial charge in [0.15, 0.2) is 0 Å². The Hall–Kier alpha value is -1.71. The van der Waals surface area contributed by atoms with Crippen molar-refractivity contribution < 1.29 is 9.84 Å². The second-order valence-electron chi connectivity index (χ2n) is 4.65. The quantitative estimate of drug-likeness (QED) is 0.878. The van der Waals surface area contributed by atoms with Gasteiger partial charge >= 0.3 is 0 Å². The first-order valence-electron chi connectivity index (χ1n) is 6.45. The first-order valence-corrected chi connectivity index (χ1v) is 6.82. The smallest absolute Gasteiger partial charge is 0.124 e. The molecule has 0 bridgehead atoms. The summed E-state index contributed by atoms with van der Waals surface area (Å²) >= 11 is 5.85. The lowest BCUT2D eigenvalue weighted by Gasteiger charge is -2.16. The van der Waals surface area contributed by atoms with Crippen LogP contribution in [0.25, 0.3) is 0 Å². The predicted molar refractivity (Wildman–Crippen MR) is 81.4 cm³/mol. The Morgan fingerprint density at radius 2 is 1.90 bits per heavy atom. The fourth-order valence-corrected chi connectivity index (χ4v) is 2.13. The average Bonchev–Trinajstić information content (AvgIpc) is 2.46. The number of hydrogen-bond acceptors (Lipinski definition) is 3. The summed E-state index contributed by atoms with van der Waals surface area (Å²) in [7, 11) is 1.58. The molecule has 0 saturated carbocycles. The van der Waals surface area contributed by atoms with E-state index >= 15 is 0 Å². The number of methoxy groups -OCH3 is 1. The first kappa shape index (κ1) is 14.7. The molecule has 0 aliphatic rings. The molecule has 0 aliphatic carbocycles. The van der Waals surface area contributed by atoms with Crippen LogP contribution in [0.1, 0.15) is 24.1 Å². The zero-order chi connectivity index (χ0) is 14.5. The Morgan fingerprint density at radius 1 is 1.20 bits per heavy atom. The summed E-state index contributed by atoms with van der Waals surface area (Å²) in [5.41, 5.74) is 1.99. The van der Waals surface area contributed by atoms with E-state index in [0.717, 1.165) is 16.1 Å². The minimum absolute atomic E-state index is 0.0385. The Bertz CT molecular complexity index is 569. The van der Waals surface area contributed by atoms with E-state index in [-0.39, 0.29) is 11.8 Å². The zero-order valence-corrected chi connectivity index (χ0v) is 12.3. The van der Waals surface area contributed by atoms with E-state index in [1.165, 1.54) is 0 Å². The second kappa shape index (κ2) is 6.64. The van der Waals surface area contributed by atoms with E-state index in [1.807, 2.05) is 43.3 Å². The van der Waals surface area contributed by atoms with Gasteiger partial charge < -0.3 is 15.2 Å². The summed E-state index contributed by atoms with van der Waals surface area (Å²) in [5.74, 6) is 0.886. The molecule has 106 valence electrons. The molecule has 2 N–H and O–H groups in total. The lowest BCUT2D eigenvalue weighted by molar-refractivity contribution is 0.404. The van der Waals surface area contributed by atoms with E-state index in [2.05, 4.69) is 5.32 Å². The van der Waals surface area contributed by atoms with Crippen molar-refractivity contribution in [2.75, 3.05) is 7.11 Å². The molecule has 1 unspecified atom stereocenters. The van der Waals surface area contributed by atoms with Gasteiger partial charge in [0.2, 0.25) is 0 Å². The molecule has 0 heterocycles. The normalized spacial score (nSPS) is 12.2. The molecule has 2 aromatic carbocycles. The minimum atomic E-state index is 0.0385. The summed E-state index contributed by atoms with van der Waals surface area (Å²) in [6.45, 7) is 2.72. The van der Waals surface area contributed by atoms with Crippen molar-refractivity contribution in [2.45, 2.75) is 19.5 Å². The SMILES string of the molecule is COc1ccc(C(C)NCc2ccc(Cl)cc2)c(O)c1. The van der Waals surface area contributed by atoms with Crippen molar-refractivity contribution in [3.05, 3.63) is 58.6 Å². The lowest BCUT2D eigenvalue weighted by Crippen LogP contribution is -2.18. The van der Waals surface area contributed by atoms with E-state index in [1.54, 1.807) is 13.2 Å². The highest BCUT2D eigenvalue weighted by molar-refractivity contribution is 6.30. The number of ether oxygens (including phenoxy) is 1. The molecule has 0 spiro atoms. The molecular weight excluding hydrogens is 274 g/mol. The number of halogens is 1.